The molecule has 2 N–H and O–H groups in total. The number of hydrogen-bond donors (Lipinski definition) is 2. The summed E-state index contributed by atoms with van der Waals surface area (Å²) in [5, 5.41) is 18.2. The van der Waals surface area contributed by atoms with Crippen LogP contribution >= 0.6 is 0 Å². The Hall–Kier alpha value is -3.28. The minimum Gasteiger partial charge on any atom is -0.492 e. The van der Waals surface area contributed by atoms with E-state index in [4.69, 9.17) is 0 Å². The zero-order chi connectivity index (χ0) is 28.3. The largest absolute Gasteiger partial charge is 0.492 e. The summed E-state index contributed by atoms with van der Waals surface area (Å²) in [6, 6.07) is -0.124. The molecule has 0 bridgehead atoms. The number of aromatic hydroxyl groups is 1. The number of aryl methyl sites for hydroxylation is 1. The average Bonchev–Trinajstić information content (AvgIpc) is 3.58. The van der Waals surface area contributed by atoms with Gasteiger partial charge in [-0.25, -0.2) is 8.78 Å². The molecule has 10 nitrogen and oxygen atoms in total. The fraction of sp³-hybridized carbons (Fsp3) is 0.630. The standard InChI is InChI=1S/C27H36F2N6O4/c1-16-19(7-8-20(36)33-11-9-32(10-12-33)18-13-27(28,29)14-18)23-34(15-26(2,3)4)24(38)21(25(39)35(23)31-16)22(37)30-17-5-6-17/h7-8,17-18,39H,5-6,9-15H2,1-4H3,(H,30,37). The van der Waals surface area contributed by atoms with E-state index in [1.165, 1.54) is 15.2 Å². The molecule has 0 spiro atoms. The second kappa shape index (κ2) is 9.72. The third-order valence-corrected chi connectivity index (χ3v) is 7.60. The van der Waals surface area contributed by atoms with Crippen molar-refractivity contribution in [2.45, 2.75) is 77.9 Å². The Morgan fingerprint density at radius 2 is 1.79 bits per heavy atom. The molecule has 3 fully saturated rings. The van der Waals surface area contributed by atoms with Gasteiger partial charge in [-0.05, 0) is 31.3 Å². The van der Waals surface area contributed by atoms with Crippen LogP contribution < -0.4 is 10.9 Å². The molecule has 2 aromatic heterocycles. The van der Waals surface area contributed by atoms with Crippen LogP contribution in [0.15, 0.2) is 10.9 Å². The molecule has 12 heteroatoms. The van der Waals surface area contributed by atoms with Crippen LogP contribution in [0.5, 0.6) is 5.88 Å². The summed E-state index contributed by atoms with van der Waals surface area (Å²) in [7, 11) is 0. The van der Waals surface area contributed by atoms with E-state index in [0.29, 0.717) is 43.1 Å². The zero-order valence-corrected chi connectivity index (χ0v) is 22.8. The van der Waals surface area contributed by atoms with Crippen LogP contribution in [0.2, 0.25) is 0 Å². The Kier molecular flexibility index (Phi) is 6.80. The zero-order valence-electron chi connectivity index (χ0n) is 22.8. The molecular formula is C27H36F2N6O4. The first kappa shape index (κ1) is 27.3. The number of halogens is 2. The highest BCUT2D eigenvalue weighted by atomic mass is 19.3. The minimum absolute atomic E-state index is 0.00320. The van der Waals surface area contributed by atoms with Crippen LogP contribution in [0.25, 0.3) is 11.7 Å². The van der Waals surface area contributed by atoms with E-state index in [1.807, 2.05) is 25.7 Å². The van der Waals surface area contributed by atoms with Crippen molar-refractivity contribution in [3.8, 4) is 5.88 Å². The first-order valence-corrected chi connectivity index (χ1v) is 13.5. The van der Waals surface area contributed by atoms with Crippen molar-refractivity contribution in [2.75, 3.05) is 26.2 Å². The summed E-state index contributed by atoms with van der Waals surface area (Å²) in [6.45, 7) is 9.79. The van der Waals surface area contributed by atoms with Gasteiger partial charge >= 0.3 is 0 Å². The quantitative estimate of drug-likeness (QED) is 0.539. The lowest BCUT2D eigenvalue weighted by Gasteiger charge is -2.46. The van der Waals surface area contributed by atoms with Crippen LogP contribution in [-0.4, -0.2) is 85.1 Å². The van der Waals surface area contributed by atoms with E-state index in [1.54, 1.807) is 17.9 Å². The van der Waals surface area contributed by atoms with Gasteiger partial charge in [-0.2, -0.15) is 9.61 Å². The van der Waals surface area contributed by atoms with Crippen LogP contribution in [0.1, 0.15) is 68.1 Å². The molecule has 3 aliphatic rings. The lowest BCUT2D eigenvalue weighted by atomic mass is 9.86. The lowest BCUT2D eigenvalue weighted by molar-refractivity contribution is -0.139. The molecule has 2 amide bonds. The van der Waals surface area contributed by atoms with Crippen LogP contribution in [0.3, 0.4) is 0 Å². The smallest absolute Gasteiger partial charge is 0.270 e. The molecule has 0 atom stereocenters. The normalized spacial score (nSPS) is 20.5. The van der Waals surface area contributed by atoms with E-state index < -0.39 is 23.3 Å². The van der Waals surface area contributed by atoms with Crippen molar-refractivity contribution in [2.24, 2.45) is 5.41 Å². The molecule has 2 aromatic rings. The molecule has 1 aliphatic heterocycles. The summed E-state index contributed by atoms with van der Waals surface area (Å²) < 4.78 is 29.1. The van der Waals surface area contributed by atoms with E-state index in [9.17, 15) is 28.3 Å². The summed E-state index contributed by atoms with van der Waals surface area (Å²) in [6.07, 6.45) is 4.42. The van der Waals surface area contributed by atoms with Gasteiger partial charge in [-0.1, -0.05) is 20.8 Å². The predicted octanol–water partition coefficient (Wildman–Crippen LogP) is 2.40. The van der Waals surface area contributed by atoms with Crippen LogP contribution in [0, 0.1) is 12.3 Å². The van der Waals surface area contributed by atoms with E-state index >= 15 is 0 Å². The molecule has 39 heavy (non-hydrogen) atoms. The SMILES string of the molecule is Cc1nn2c(O)c(C(=O)NC3CC3)c(=O)n(CC(C)(C)C)c2c1C=CC(=O)N1CCN(C2CC(F)(F)C2)CC1. The second-order valence-corrected chi connectivity index (χ2v) is 12.2. The molecule has 0 aromatic carbocycles. The molecule has 1 saturated heterocycles. The summed E-state index contributed by atoms with van der Waals surface area (Å²) in [4.78, 5) is 43.1. The number of hydrogen-bond acceptors (Lipinski definition) is 6. The highest BCUT2D eigenvalue weighted by Crippen LogP contribution is 2.40. The van der Waals surface area contributed by atoms with Gasteiger partial charge < -0.3 is 15.3 Å². The lowest BCUT2D eigenvalue weighted by Crippen LogP contribution is -2.57. The maximum absolute atomic E-state index is 13.6. The van der Waals surface area contributed by atoms with Crippen molar-refractivity contribution >= 4 is 23.5 Å². The molecule has 212 valence electrons. The Morgan fingerprint density at radius 3 is 2.36 bits per heavy atom. The van der Waals surface area contributed by atoms with Gasteiger partial charge in [0.05, 0.1) is 5.69 Å². The van der Waals surface area contributed by atoms with Crippen molar-refractivity contribution in [3.63, 3.8) is 0 Å². The predicted molar refractivity (Wildman–Crippen MR) is 141 cm³/mol. The van der Waals surface area contributed by atoms with E-state index in [2.05, 4.69) is 10.4 Å². The van der Waals surface area contributed by atoms with Gasteiger partial charge in [0.25, 0.3) is 17.4 Å². The highest BCUT2D eigenvalue weighted by Gasteiger charge is 2.48. The van der Waals surface area contributed by atoms with Gasteiger partial charge in [0, 0.05) is 69.3 Å². The topological polar surface area (TPSA) is 112 Å². The number of nitrogens with one attached hydrogen (secondary N) is 1. The fourth-order valence-corrected chi connectivity index (χ4v) is 5.32. The van der Waals surface area contributed by atoms with Gasteiger partial charge in [-0.15, -0.1) is 0 Å². The minimum atomic E-state index is -2.57. The first-order chi connectivity index (χ1) is 18.2. The summed E-state index contributed by atoms with van der Waals surface area (Å²) in [5.41, 5.74) is -0.0459. The molecule has 5 rings (SSSR count). The Labute approximate surface area is 225 Å². The maximum atomic E-state index is 13.6. The van der Waals surface area contributed by atoms with Gasteiger partial charge in [0.2, 0.25) is 11.8 Å². The van der Waals surface area contributed by atoms with Crippen LogP contribution in [0.4, 0.5) is 8.78 Å². The number of carbonyl (C=O) groups is 2. The maximum Gasteiger partial charge on any atom is 0.270 e. The first-order valence-electron chi connectivity index (χ1n) is 13.5. The van der Waals surface area contributed by atoms with Crippen molar-refractivity contribution < 1.29 is 23.5 Å². The number of carbonyl (C=O) groups excluding carboxylic acids is 2. The molecular weight excluding hydrogens is 510 g/mol. The van der Waals surface area contributed by atoms with E-state index in [0.717, 1.165) is 12.8 Å². The van der Waals surface area contributed by atoms with E-state index in [-0.39, 0.29) is 48.4 Å². The second-order valence-electron chi connectivity index (χ2n) is 12.2. The number of piperazine rings is 1. The number of nitrogens with zero attached hydrogens (tertiary/aromatic N) is 5. The highest BCUT2D eigenvalue weighted by molar-refractivity contribution is 5.97. The number of alkyl halides is 2. The molecule has 0 unspecified atom stereocenters. The summed E-state index contributed by atoms with van der Waals surface area (Å²) >= 11 is 0. The third kappa shape index (κ3) is 5.57. The van der Waals surface area contributed by atoms with Crippen molar-refractivity contribution in [3.05, 3.63) is 33.3 Å². The van der Waals surface area contributed by atoms with Crippen LogP contribution in [-0.2, 0) is 11.3 Å². The van der Waals surface area contributed by atoms with Crippen molar-refractivity contribution in [1.29, 1.82) is 0 Å². The number of fused-ring (bicyclic) bond motifs is 1. The Balaban J connectivity index is 1.42. The fourth-order valence-electron chi connectivity index (χ4n) is 5.32. The Morgan fingerprint density at radius 1 is 1.15 bits per heavy atom. The molecule has 2 aliphatic carbocycles. The molecule has 0 radical (unpaired) electrons. The Bertz CT molecular complexity index is 1390. The molecule has 2 saturated carbocycles. The van der Waals surface area contributed by atoms with Gasteiger partial charge in [-0.3, -0.25) is 23.9 Å². The monoisotopic (exact) mass is 546 g/mol. The number of aromatic nitrogens is 3. The van der Waals surface area contributed by atoms with Crippen molar-refractivity contribution in [1.82, 2.24) is 29.3 Å². The van der Waals surface area contributed by atoms with Gasteiger partial charge in [0.15, 0.2) is 5.56 Å². The average molecular weight is 547 g/mol. The van der Waals surface area contributed by atoms with Gasteiger partial charge in [0.1, 0.15) is 5.65 Å². The third-order valence-electron chi connectivity index (χ3n) is 7.60. The molecule has 3 heterocycles. The number of amides is 2. The summed E-state index contributed by atoms with van der Waals surface area (Å²) in [5.74, 6) is -3.97. The number of rotatable bonds is 6.